The van der Waals surface area contributed by atoms with E-state index in [0.717, 1.165) is 11.6 Å². The van der Waals surface area contributed by atoms with Gasteiger partial charge in [-0.3, -0.25) is 0 Å². The molecular weight excluding hydrogens is 320 g/mol. The van der Waals surface area contributed by atoms with Crippen molar-refractivity contribution in [1.82, 2.24) is 5.32 Å². The molecule has 0 saturated carbocycles. The van der Waals surface area contributed by atoms with E-state index in [9.17, 15) is 26.3 Å². The minimum absolute atomic E-state index is 0.150. The summed E-state index contributed by atoms with van der Waals surface area (Å²) in [5, 5.41) is 2.90. The molecule has 0 amide bonds. The number of nitrogens with one attached hydrogen (secondary N) is 1. The largest absolute Gasteiger partial charge is 0.417 e. The van der Waals surface area contributed by atoms with Crippen LogP contribution in [0.2, 0.25) is 0 Å². The molecule has 0 aliphatic heterocycles. The quantitative estimate of drug-likeness (QED) is 0.770. The first-order valence-corrected chi connectivity index (χ1v) is 6.65. The van der Waals surface area contributed by atoms with Gasteiger partial charge in [0.05, 0.1) is 11.1 Å². The molecule has 0 radical (unpaired) electrons. The van der Waals surface area contributed by atoms with Gasteiger partial charge in [-0.2, -0.15) is 26.3 Å². The van der Waals surface area contributed by atoms with Gasteiger partial charge in [0.1, 0.15) is 0 Å². The SMILES string of the molecule is CNCc1ccc(-c2ccc(C(F)(F)F)cc2C(F)(F)F)cc1. The lowest BCUT2D eigenvalue weighted by atomic mass is 9.96. The first kappa shape index (κ1) is 17.3. The molecule has 0 atom stereocenters. The highest BCUT2D eigenvalue weighted by molar-refractivity contribution is 5.69. The van der Waals surface area contributed by atoms with E-state index in [4.69, 9.17) is 0 Å². The minimum Gasteiger partial charge on any atom is -0.316 e. The molecule has 0 aromatic heterocycles. The van der Waals surface area contributed by atoms with Crippen LogP contribution in [0.3, 0.4) is 0 Å². The van der Waals surface area contributed by atoms with Crippen molar-refractivity contribution in [3.8, 4) is 11.1 Å². The van der Waals surface area contributed by atoms with E-state index in [1.165, 1.54) is 12.1 Å². The van der Waals surface area contributed by atoms with Crippen LogP contribution in [0.1, 0.15) is 16.7 Å². The van der Waals surface area contributed by atoms with Gasteiger partial charge in [0.15, 0.2) is 0 Å². The van der Waals surface area contributed by atoms with Crippen LogP contribution in [-0.2, 0) is 18.9 Å². The molecule has 1 N–H and O–H groups in total. The zero-order chi connectivity index (χ0) is 17.3. The topological polar surface area (TPSA) is 12.0 Å². The van der Waals surface area contributed by atoms with Crippen molar-refractivity contribution < 1.29 is 26.3 Å². The maximum atomic E-state index is 13.1. The highest BCUT2D eigenvalue weighted by atomic mass is 19.4. The van der Waals surface area contributed by atoms with Crippen LogP contribution in [0.5, 0.6) is 0 Å². The number of benzene rings is 2. The third-order valence-corrected chi connectivity index (χ3v) is 3.30. The van der Waals surface area contributed by atoms with Crippen molar-refractivity contribution in [2.75, 3.05) is 7.05 Å². The van der Waals surface area contributed by atoms with E-state index < -0.39 is 23.5 Å². The summed E-state index contributed by atoms with van der Waals surface area (Å²) in [5.41, 5.74) is -1.82. The van der Waals surface area contributed by atoms with Crippen LogP contribution in [0, 0.1) is 0 Å². The highest BCUT2D eigenvalue weighted by Gasteiger charge is 2.38. The standard InChI is InChI=1S/C16H13F6N/c1-23-9-10-2-4-11(5-3-10)13-7-6-12(15(17,18)19)8-14(13)16(20,21)22/h2-8,23H,9H2,1H3. The number of hydrogen-bond donors (Lipinski definition) is 1. The molecule has 124 valence electrons. The molecule has 23 heavy (non-hydrogen) atoms. The predicted octanol–water partition coefficient (Wildman–Crippen LogP) is 5.11. The highest BCUT2D eigenvalue weighted by Crippen LogP contribution is 2.40. The van der Waals surface area contributed by atoms with Crippen molar-refractivity contribution in [3.63, 3.8) is 0 Å². The minimum atomic E-state index is -4.87. The smallest absolute Gasteiger partial charge is 0.316 e. The Morgan fingerprint density at radius 1 is 0.826 bits per heavy atom. The van der Waals surface area contributed by atoms with Gasteiger partial charge in [0, 0.05) is 6.54 Å². The van der Waals surface area contributed by atoms with Crippen molar-refractivity contribution in [3.05, 3.63) is 59.2 Å². The van der Waals surface area contributed by atoms with Crippen molar-refractivity contribution in [2.45, 2.75) is 18.9 Å². The van der Waals surface area contributed by atoms with Gasteiger partial charge in [0.2, 0.25) is 0 Å². The Morgan fingerprint density at radius 3 is 1.91 bits per heavy atom. The summed E-state index contributed by atoms with van der Waals surface area (Å²) >= 11 is 0. The third kappa shape index (κ3) is 4.04. The molecule has 0 heterocycles. The molecule has 0 spiro atoms. The monoisotopic (exact) mass is 333 g/mol. The van der Waals surface area contributed by atoms with E-state index >= 15 is 0 Å². The Balaban J connectivity index is 2.53. The van der Waals surface area contributed by atoms with Gasteiger partial charge in [-0.25, -0.2) is 0 Å². The second-order valence-corrected chi connectivity index (χ2v) is 4.98. The Kier molecular flexibility index (Phi) is 4.70. The average molecular weight is 333 g/mol. The van der Waals surface area contributed by atoms with Crippen molar-refractivity contribution >= 4 is 0 Å². The van der Waals surface area contributed by atoms with Crippen LogP contribution in [0.4, 0.5) is 26.3 Å². The molecule has 0 aliphatic carbocycles. The molecule has 0 aliphatic rings. The maximum absolute atomic E-state index is 13.1. The van der Waals surface area contributed by atoms with E-state index in [0.29, 0.717) is 12.6 Å². The summed E-state index contributed by atoms with van der Waals surface area (Å²) in [6.07, 6.45) is -9.70. The zero-order valence-corrected chi connectivity index (χ0v) is 12.0. The molecule has 2 rings (SSSR count). The second-order valence-electron chi connectivity index (χ2n) is 4.98. The molecule has 2 aromatic rings. The summed E-state index contributed by atoms with van der Waals surface area (Å²) in [6.45, 7) is 0.541. The van der Waals surface area contributed by atoms with Crippen LogP contribution >= 0.6 is 0 Å². The molecule has 7 heteroatoms. The Morgan fingerprint density at radius 2 is 1.43 bits per heavy atom. The Labute approximate surface area is 128 Å². The number of halogens is 6. The fourth-order valence-electron chi connectivity index (χ4n) is 2.21. The lowest BCUT2D eigenvalue weighted by molar-refractivity contribution is -0.142. The first-order chi connectivity index (χ1) is 10.6. The van der Waals surface area contributed by atoms with Crippen molar-refractivity contribution in [1.29, 1.82) is 0 Å². The number of rotatable bonds is 3. The fraction of sp³-hybridized carbons (Fsp3) is 0.250. The fourth-order valence-corrected chi connectivity index (χ4v) is 2.21. The van der Waals surface area contributed by atoms with Gasteiger partial charge < -0.3 is 5.32 Å². The Hall–Kier alpha value is -2.02. The summed E-state index contributed by atoms with van der Waals surface area (Å²) in [5.74, 6) is 0. The van der Waals surface area contributed by atoms with Gasteiger partial charge >= 0.3 is 12.4 Å². The van der Waals surface area contributed by atoms with Crippen LogP contribution in [-0.4, -0.2) is 7.05 Å². The molecule has 0 bridgehead atoms. The van der Waals surface area contributed by atoms with Gasteiger partial charge in [-0.1, -0.05) is 30.3 Å². The van der Waals surface area contributed by atoms with Crippen LogP contribution in [0.15, 0.2) is 42.5 Å². The van der Waals surface area contributed by atoms with E-state index in [-0.39, 0.29) is 17.2 Å². The molecular formula is C16H13F6N. The van der Waals surface area contributed by atoms with Gasteiger partial charge in [0.25, 0.3) is 0 Å². The average Bonchev–Trinajstić information content (AvgIpc) is 2.46. The third-order valence-electron chi connectivity index (χ3n) is 3.30. The summed E-state index contributed by atoms with van der Waals surface area (Å²) in [7, 11) is 1.73. The molecule has 0 fully saturated rings. The molecule has 2 aromatic carbocycles. The van der Waals surface area contributed by atoms with Crippen molar-refractivity contribution in [2.24, 2.45) is 0 Å². The van der Waals surface area contributed by atoms with E-state index in [1.54, 1.807) is 19.2 Å². The normalized spacial score (nSPS) is 12.5. The summed E-state index contributed by atoms with van der Waals surface area (Å²) < 4.78 is 77.3. The van der Waals surface area contributed by atoms with Gasteiger partial charge in [-0.15, -0.1) is 0 Å². The summed E-state index contributed by atoms with van der Waals surface area (Å²) in [4.78, 5) is 0. The molecule has 1 nitrogen and oxygen atoms in total. The van der Waals surface area contributed by atoms with E-state index in [1.807, 2.05) is 0 Å². The zero-order valence-electron chi connectivity index (χ0n) is 12.0. The number of hydrogen-bond acceptors (Lipinski definition) is 1. The maximum Gasteiger partial charge on any atom is 0.417 e. The predicted molar refractivity (Wildman–Crippen MR) is 74.6 cm³/mol. The van der Waals surface area contributed by atoms with E-state index in [2.05, 4.69) is 5.32 Å². The summed E-state index contributed by atoms with van der Waals surface area (Å²) in [6, 6.07) is 7.85. The molecule has 0 unspecified atom stereocenters. The van der Waals surface area contributed by atoms with Crippen LogP contribution < -0.4 is 5.32 Å². The molecule has 0 saturated heterocycles. The number of alkyl halides is 6. The lowest BCUT2D eigenvalue weighted by Gasteiger charge is -2.16. The van der Waals surface area contributed by atoms with Crippen LogP contribution in [0.25, 0.3) is 11.1 Å². The van der Waals surface area contributed by atoms with Gasteiger partial charge in [-0.05, 0) is 35.9 Å². The first-order valence-electron chi connectivity index (χ1n) is 6.65. The lowest BCUT2D eigenvalue weighted by Crippen LogP contribution is -2.12. The Bertz CT molecular complexity index is 670. The second kappa shape index (κ2) is 6.23.